The van der Waals surface area contributed by atoms with Crippen LogP contribution in [-0.4, -0.2) is 41.0 Å². The van der Waals surface area contributed by atoms with Crippen molar-refractivity contribution in [3.63, 3.8) is 0 Å². The summed E-state index contributed by atoms with van der Waals surface area (Å²) in [5.74, 6) is -0.104. The molecule has 0 saturated heterocycles. The van der Waals surface area contributed by atoms with Crippen LogP contribution in [0.25, 0.3) is 21.7 Å². The molecule has 7 heteroatoms. The van der Waals surface area contributed by atoms with Gasteiger partial charge in [-0.2, -0.15) is 0 Å². The zero-order valence-electron chi connectivity index (χ0n) is 15.7. The quantitative estimate of drug-likeness (QED) is 0.293. The molecule has 0 bridgehead atoms. The number of hydrogen-bond donors (Lipinski definition) is 1. The molecule has 3 aromatic rings. The maximum atomic E-state index is 13.0. The van der Waals surface area contributed by atoms with E-state index in [1.54, 1.807) is 11.7 Å². The molecule has 27 heavy (non-hydrogen) atoms. The minimum atomic E-state index is -0.371. The Bertz CT molecular complexity index is 1030. The molecule has 0 unspecified atom stereocenters. The predicted molar refractivity (Wildman–Crippen MR) is 109 cm³/mol. The lowest BCUT2D eigenvalue weighted by Gasteiger charge is -2.15. The molecule has 0 fully saturated rings. The van der Waals surface area contributed by atoms with Crippen LogP contribution in [0, 0.1) is 0 Å². The molecule has 2 aromatic carbocycles. The summed E-state index contributed by atoms with van der Waals surface area (Å²) in [6.45, 7) is 5.13. The SMILES string of the molecule is CCn1c(S[C@@H](C)C(=O)NCCOC)nc2cc3ccccc3cc2c1=O. The van der Waals surface area contributed by atoms with Crippen LogP contribution < -0.4 is 10.9 Å². The fraction of sp³-hybridized carbons (Fsp3) is 0.350. The van der Waals surface area contributed by atoms with Crippen molar-refractivity contribution in [1.29, 1.82) is 0 Å². The molecule has 3 rings (SSSR count). The highest BCUT2D eigenvalue weighted by molar-refractivity contribution is 8.00. The average Bonchev–Trinajstić information content (AvgIpc) is 2.67. The fourth-order valence-electron chi connectivity index (χ4n) is 2.89. The van der Waals surface area contributed by atoms with Crippen molar-refractivity contribution in [3.05, 3.63) is 46.8 Å². The number of fused-ring (bicyclic) bond motifs is 2. The van der Waals surface area contributed by atoms with Crippen molar-refractivity contribution in [2.24, 2.45) is 0 Å². The summed E-state index contributed by atoms with van der Waals surface area (Å²) >= 11 is 1.29. The van der Waals surface area contributed by atoms with Gasteiger partial charge in [0.05, 0.1) is 22.8 Å². The third kappa shape index (κ3) is 4.14. The van der Waals surface area contributed by atoms with Crippen molar-refractivity contribution in [2.75, 3.05) is 20.3 Å². The lowest BCUT2D eigenvalue weighted by molar-refractivity contribution is -0.120. The lowest BCUT2D eigenvalue weighted by atomic mass is 10.1. The Morgan fingerprint density at radius 1 is 1.30 bits per heavy atom. The summed E-state index contributed by atoms with van der Waals surface area (Å²) < 4.78 is 6.57. The van der Waals surface area contributed by atoms with E-state index >= 15 is 0 Å². The summed E-state index contributed by atoms with van der Waals surface area (Å²) in [7, 11) is 1.59. The molecule has 1 aromatic heterocycles. The summed E-state index contributed by atoms with van der Waals surface area (Å²) in [6.07, 6.45) is 0. The number of aromatic nitrogens is 2. The molecular formula is C20H23N3O3S. The van der Waals surface area contributed by atoms with Crippen LogP contribution in [0.2, 0.25) is 0 Å². The molecule has 0 spiro atoms. The van der Waals surface area contributed by atoms with Gasteiger partial charge in [-0.15, -0.1) is 0 Å². The molecule has 1 amide bonds. The number of ether oxygens (including phenoxy) is 1. The number of hydrogen-bond acceptors (Lipinski definition) is 5. The van der Waals surface area contributed by atoms with Crippen LogP contribution in [0.15, 0.2) is 46.3 Å². The van der Waals surface area contributed by atoms with Crippen LogP contribution in [0.1, 0.15) is 13.8 Å². The fourth-order valence-corrected chi connectivity index (χ4v) is 3.89. The van der Waals surface area contributed by atoms with Gasteiger partial charge >= 0.3 is 0 Å². The Morgan fingerprint density at radius 3 is 2.67 bits per heavy atom. The van der Waals surface area contributed by atoms with Crippen LogP contribution in [0.5, 0.6) is 0 Å². The van der Waals surface area contributed by atoms with Crippen molar-refractivity contribution in [2.45, 2.75) is 30.8 Å². The zero-order valence-corrected chi connectivity index (χ0v) is 16.5. The standard InChI is InChI=1S/C20H23N3O3S/c1-4-23-19(25)16-11-14-7-5-6-8-15(14)12-17(16)22-20(23)27-13(2)18(24)21-9-10-26-3/h5-8,11-13H,4,9-10H2,1-3H3,(H,21,24)/t13-/m0/s1. The normalized spacial score (nSPS) is 12.4. The molecule has 1 atom stereocenters. The highest BCUT2D eigenvalue weighted by Gasteiger charge is 2.19. The number of nitrogens with one attached hydrogen (secondary N) is 1. The minimum Gasteiger partial charge on any atom is -0.383 e. The van der Waals surface area contributed by atoms with E-state index in [1.165, 1.54) is 11.8 Å². The summed E-state index contributed by atoms with van der Waals surface area (Å²) in [5.41, 5.74) is 0.570. The number of rotatable bonds is 7. The maximum Gasteiger partial charge on any atom is 0.262 e. The summed E-state index contributed by atoms with van der Waals surface area (Å²) in [6, 6.07) is 11.7. The van der Waals surface area contributed by atoms with Gasteiger partial charge in [-0.1, -0.05) is 36.0 Å². The van der Waals surface area contributed by atoms with Crippen molar-refractivity contribution >= 4 is 39.3 Å². The number of carbonyl (C=O) groups excluding carboxylic acids is 1. The second kappa shape index (κ2) is 8.54. The summed E-state index contributed by atoms with van der Waals surface area (Å²) in [4.78, 5) is 29.9. The first-order chi connectivity index (χ1) is 13.0. The first-order valence-electron chi connectivity index (χ1n) is 8.91. The van der Waals surface area contributed by atoms with Gasteiger partial charge in [0.15, 0.2) is 5.16 Å². The van der Waals surface area contributed by atoms with Crippen molar-refractivity contribution < 1.29 is 9.53 Å². The third-order valence-electron chi connectivity index (χ3n) is 4.36. The third-order valence-corrected chi connectivity index (χ3v) is 5.45. The molecule has 0 radical (unpaired) electrons. The number of benzene rings is 2. The van der Waals surface area contributed by atoms with E-state index in [9.17, 15) is 9.59 Å². The zero-order chi connectivity index (χ0) is 19.4. The van der Waals surface area contributed by atoms with Gasteiger partial charge < -0.3 is 10.1 Å². The first-order valence-corrected chi connectivity index (χ1v) is 9.79. The second-order valence-corrected chi connectivity index (χ2v) is 7.51. The van der Waals surface area contributed by atoms with Crippen LogP contribution in [-0.2, 0) is 16.1 Å². The molecule has 0 aliphatic carbocycles. The van der Waals surface area contributed by atoms with Gasteiger partial charge in [-0.3, -0.25) is 14.2 Å². The van der Waals surface area contributed by atoms with Crippen LogP contribution in [0.4, 0.5) is 0 Å². The molecule has 142 valence electrons. The largest absolute Gasteiger partial charge is 0.383 e. The van der Waals surface area contributed by atoms with Gasteiger partial charge in [0, 0.05) is 20.2 Å². The van der Waals surface area contributed by atoms with E-state index in [1.807, 2.05) is 50.2 Å². The number of carbonyl (C=O) groups is 1. The van der Waals surface area contributed by atoms with Gasteiger partial charge in [0.2, 0.25) is 5.91 Å². The highest BCUT2D eigenvalue weighted by atomic mass is 32.2. The second-order valence-electron chi connectivity index (χ2n) is 6.20. The van der Waals surface area contributed by atoms with Crippen molar-refractivity contribution in [3.8, 4) is 0 Å². The molecular weight excluding hydrogens is 362 g/mol. The molecule has 6 nitrogen and oxygen atoms in total. The molecule has 0 saturated carbocycles. The lowest BCUT2D eigenvalue weighted by Crippen LogP contribution is -2.34. The van der Waals surface area contributed by atoms with Gasteiger partial charge in [0.25, 0.3) is 5.56 Å². The van der Waals surface area contributed by atoms with E-state index in [0.29, 0.717) is 35.8 Å². The highest BCUT2D eigenvalue weighted by Crippen LogP contribution is 2.25. The van der Waals surface area contributed by atoms with E-state index in [0.717, 1.165) is 10.8 Å². The van der Waals surface area contributed by atoms with E-state index in [4.69, 9.17) is 9.72 Å². The van der Waals surface area contributed by atoms with E-state index < -0.39 is 0 Å². The summed E-state index contributed by atoms with van der Waals surface area (Å²) in [5, 5.41) is 5.64. The smallest absolute Gasteiger partial charge is 0.262 e. The van der Waals surface area contributed by atoms with E-state index in [2.05, 4.69) is 5.32 Å². The molecule has 0 aliphatic rings. The minimum absolute atomic E-state index is 0.0808. The number of thioether (sulfide) groups is 1. The maximum absolute atomic E-state index is 13.0. The molecule has 0 aliphatic heterocycles. The Kier molecular flexibility index (Phi) is 6.13. The van der Waals surface area contributed by atoms with Crippen LogP contribution >= 0.6 is 11.8 Å². The molecule has 1 heterocycles. The number of methoxy groups -OCH3 is 1. The Hall–Kier alpha value is -2.38. The predicted octanol–water partition coefficient (Wildman–Crippen LogP) is 2.81. The molecule has 1 N–H and O–H groups in total. The number of amides is 1. The topological polar surface area (TPSA) is 73.2 Å². The monoisotopic (exact) mass is 385 g/mol. The number of nitrogens with zero attached hydrogens (tertiary/aromatic N) is 2. The van der Waals surface area contributed by atoms with Crippen LogP contribution in [0.3, 0.4) is 0 Å². The van der Waals surface area contributed by atoms with Gasteiger partial charge in [-0.05, 0) is 36.8 Å². The van der Waals surface area contributed by atoms with Gasteiger partial charge in [0.1, 0.15) is 0 Å². The average molecular weight is 385 g/mol. The van der Waals surface area contributed by atoms with Crippen molar-refractivity contribution in [1.82, 2.24) is 14.9 Å². The Labute approximate surface area is 161 Å². The van der Waals surface area contributed by atoms with E-state index in [-0.39, 0.29) is 16.7 Å². The Morgan fingerprint density at radius 2 is 2.00 bits per heavy atom. The Balaban J connectivity index is 1.98. The van der Waals surface area contributed by atoms with Gasteiger partial charge in [-0.25, -0.2) is 4.98 Å². The first kappa shape index (κ1) is 19.4.